The van der Waals surface area contributed by atoms with Gasteiger partial charge in [0.2, 0.25) is 5.88 Å². The summed E-state index contributed by atoms with van der Waals surface area (Å²) in [5.74, 6) is 1.02. The van der Waals surface area contributed by atoms with Crippen molar-refractivity contribution in [2.75, 3.05) is 0 Å². The summed E-state index contributed by atoms with van der Waals surface area (Å²) < 4.78 is 5.53. The van der Waals surface area contributed by atoms with E-state index >= 15 is 0 Å². The van der Waals surface area contributed by atoms with Crippen LogP contribution in [0.1, 0.15) is 11.1 Å². The van der Waals surface area contributed by atoms with Crippen LogP contribution >= 0.6 is 23.2 Å². The maximum absolute atomic E-state index is 6.02. The SMILES string of the molecule is ClCc1ccc(OCc2ccccc2Cl)nc1. The molecule has 4 heteroatoms. The fourth-order valence-corrected chi connectivity index (χ4v) is 1.69. The molecule has 0 aliphatic heterocycles. The van der Waals surface area contributed by atoms with Gasteiger partial charge in [-0.15, -0.1) is 11.6 Å². The van der Waals surface area contributed by atoms with Gasteiger partial charge in [-0.1, -0.05) is 35.9 Å². The van der Waals surface area contributed by atoms with Gasteiger partial charge in [-0.25, -0.2) is 4.98 Å². The molecule has 0 saturated carbocycles. The van der Waals surface area contributed by atoms with Gasteiger partial charge < -0.3 is 4.74 Å². The van der Waals surface area contributed by atoms with Gasteiger partial charge >= 0.3 is 0 Å². The van der Waals surface area contributed by atoms with E-state index in [4.69, 9.17) is 27.9 Å². The van der Waals surface area contributed by atoms with Gasteiger partial charge in [-0.3, -0.25) is 0 Å². The minimum atomic E-state index is 0.410. The fraction of sp³-hybridized carbons (Fsp3) is 0.154. The van der Waals surface area contributed by atoms with E-state index in [2.05, 4.69) is 4.98 Å². The Morgan fingerprint density at radius 1 is 1.12 bits per heavy atom. The smallest absolute Gasteiger partial charge is 0.213 e. The molecule has 88 valence electrons. The normalized spacial score (nSPS) is 10.2. The lowest BCUT2D eigenvalue weighted by molar-refractivity contribution is 0.294. The van der Waals surface area contributed by atoms with E-state index < -0.39 is 0 Å². The number of benzene rings is 1. The highest BCUT2D eigenvalue weighted by Gasteiger charge is 2.01. The number of hydrogen-bond acceptors (Lipinski definition) is 2. The van der Waals surface area contributed by atoms with Gasteiger partial charge in [0.1, 0.15) is 6.61 Å². The molecule has 0 radical (unpaired) electrons. The largest absolute Gasteiger partial charge is 0.473 e. The summed E-state index contributed by atoms with van der Waals surface area (Å²) in [7, 11) is 0. The Hall–Kier alpha value is -1.25. The van der Waals surface area contributed by atoms with E-state index in [0.717, 1.165) is 11.1 Å². The molecule has 1 aromatic heterocycles. The van der Waals surface area contributed by atoms with Gasteiger partial charge in [-0.05, 0) is 11.6 Å². The zero-order valence-electron chi connectivity index (χ0n) is 9.07. The number of halogens is 2. The standard InChI is InChI=1S/C13H11Cl2NO/c14-7-10-5-6-13(16-8-10)17-9-11-3-1-2-4-12(11)15/h1-6,8H,7,9H2. The Balaban J connectivity index is 2.00. The summed E-state index contributed by atoms with van der Waals surface area (Å²) in [4.78, 5) is 4.14. The van der Waals surface area contributed by atoms with Crippen LogP contribution in [0, 0.1) is 0 Å². The first kappa shape index (κ1) is 12.2. The van der Waals surface area contributed by atoms with Crippen LogP contribution in [0.2, 0.25) is 5.02 Å². The van der Waals surface area contributed by atoms with E-state index in [0.29, 0.717) is 23.4 Å². The minimum absolute atomic E-state index is 0.410. The average Bonchev–Trinajstić information content (AvgIpc) is 2.38. The van der Waals surface area contributed by atoms with E-state index in [1.165, 1.54) is 0 Å². The predicted molar refractivity (Wildman–Crippen MR) is 69.6 cm³/mol. The molecular weight excluding hydrogens is 257 g/mol. The number of pyridine rings is 1. The lowest BCUT2D eigenvalue weighted by Crippen LogP contribution is -1.98. The van der Waals surface area contributed by atoms with Crippen molar-refractivity contribution in [3.05, 3.63) is 58.7 Å². The van der Waals surface area contributed by atoms with Gasteiger partial charge in [0.05, 0.1) is 0 Å². The van der Waals surface area contributed by atoms with Crippen LogP contribution in [0.5, 0.6) is 5.88 Å². The molecule has 1 aromatic carbocycles. The van der Waals surface area contributed by atoms with Crippen molar-refractivity contribution in [1.29, 1.82) is 0 Å². The predicted octanol–water partition coefficient (Wildman–Crippen LogP) is 4.05. The first-order valence-electron chi connectivity index (χ1n) is 5.16. The Bertz CT molecular complexity index is 485. The number of ether oxygens (including phenoxy) is 1. The van der Waals surface area contributed by atoms with Gasteiger partial charge in [0.15, 0.2) is 0 Å². The lowest BCUT2D eigenvalue weighted by Gasteiger charge is -2.06. The summed E-state index contributed by atoms with van der Waals surface area (Å²) in [5.41, 5.74) is 1.91. The first-order valence-corrected chi connectivity index (χ1v) is 6.08. The molecule has 2 aromatic rings. The molecule has 1 heterocycles. The maximum Gasteiger partial charge on any atom is 0.213 e. The third-order valence-corrected chi connectivity index (χ3v) is 2.96. The van der Waals surface area contributed by atoms with Crippen molar-refractivity contribution < 1.29 is 4.74 Å². The highest BCUT2D eigenvalue weighted by Crippen LogP contribution is 2.17. The van der Waals surface area contributed by atoms with Crippen molar-refractivity contribution in [3.63, 3.8) is 0 Å². The number of rotatable bonds is 4. The molecule has 0 aliphatic rings. The quantitative estimate of drug-likeness (QED) is 0.780. The molecule has 0 unspecified atom stereocenters. The second-order valence-electron chi connectivity index (χ2n) is 3.52. The number of hydrogen-bond donors (Lipinski definition) is 0. The summed E-state index contributed by atoms with van der Waals surface area (Å²) in [6.07, 6.45) is 1.70. The highest BCUT2D eigenvalue weighted by molar-refractivity contribution is 6.31. The zero-order chi connectivity index (χ0) is 12.1. The van der Waals surface area contributed by atoms with Crippen molar-refractivity contribution in [1.82, 2.24) is 4.98 Å². The molecule has 0 spiro atoms. The third-order valence-electron chi connectivity index (χ3n) is 2.29. The monoisotopic (exact) mass is 267 g/mol. The Kier molecular flexibility index (Phi) is 4.24. The van der Waals surface area contributed by atoms with Crippen LogP contribution in [0.4, 0.5) is 0 Å². The number of aromatic nitrogens is 1. The molecule has 17 heavy (non-hydrogen) atoms. The Morgan fingerprint density at radius 2 is 1.94 bits per heavy atom. The Labute approximate surface area is 110 Å². The van der Waals surface area contributed by atoms with Crippen LogP contribution in [0.25, 0.3) is 0 Å². The number of nitrogens with zero attached hydrogens (tertiary/aromatic N) is 1. The van der Waals surface area contributed by atoms with Crippen molar-refractivity contribution >= 4 is 23.2 Å². The molecular formula is C13H11Cl2NO. The minimum Gasteiger partial charge on any atom is -0.473 e. The Morgan fingerprint density at radius 3 is 2.59 bits per heavy atom. The molecule has 0 atom stereocenters. The highest BCUT2D eigenvalue weighted by atomic mass is 35.5. The van der Waals surface area contributed by atoms with Crippen LogP contribution in [-0.2, 0) is 12.5 Å². The van der Waals surface area contributed by atoms with Gasteiger partial charge in [0.25, 0.3) is 0 Å². The summed E-state index contributed by atoms with van der Waals surface area (Å²) in [6, 6.07) is 11.3. The molecule has 0 bridgehead atoms. The van der Waals surface area contributed by atoms with Crippen molar-refractivity contribution in [2.24, 2.45) is 0 Å². The summed E-state index contributed by atoms with van der Waals surface area (Å²) in [5, 5.41) is 0.699. The van der Waals surface area contributed by atoms with E-state index in [1.807, 2.05) is 30.3 Å². The topological polar surface area (TPSA) is 22.1 Å². The molecule has 0 amide bonds. The summed E-state index contributed by atoms with van der Waals surface area (Å²) in [6.45, 7) is 0.410. The lowest BCUT2D eigenvalue weighted by atomic mass is 10.2. The molecule has 0 aliphatic carbocycles. The fourth-order valence-electron chi connectivity index (χ4n) is 1.34. The van der Waals surface area contributed by atoms with Crippen LogP contribution in [0.3, 0.4) is 0 Å². The second-order valence-corrected chi connectivity index (χ2v) is 4.19. The average molecular weight is 268 g/mol. The molecule has 0 saturated heterocycles. The summed E-state index contributed by atoms with van der Waals surface area (Å²) >= 11 is 11.7. The zero-order valence-corrected chi connectivity index (χ0v) is 10.6. The van der Waals surface area contributed by atoms with Crippen LogP contribution in [-0.4, -0.2) is 4.98 Å². The first-order chi connectivity index (χ1) is 8.29. The van der Waals surface area contributed by atoms with Crippen molar-refractivity contribution in [3.8, 4) is 5.88 Å². The van der Waals surface area contributed by atoms with Crippen molar-refractivity contribution in [2.45, 2.75) is 12.5 Å². The van der Waals surface area contributed by atoms with E-state index in [1.54, 1.807) is 12.3 Å². The third kappa shape index (κ3) is 3.35. The molecule has 0 N–H and O–H groups in total. The second kappa shape index (κ2) is 5.89. The van der Waals surface area contributed by atoms with Crippen LogP contribution < -0.4 is 4.74 Å². The van der Waals surface area contributed by atoms with Gasteiger partial charge in [-0.2, -0.15) is 0 Å². The molecule has 0 fully saturated rings. The van der Waals surface area contributed by atoms with E-state index in [9.17, 15) is 0 Å². The van der Waals surface area contributed by atoms with Crippen LogP contribution in [0.15, 0.2) is 42.6 Å². The number of alkyl halides is 1. The molecule has 2 nitrogen and oxygen atoms in total. The van der Waals surface area contributed by atoms with Gasteiger partial charge in [0, 0.05) is 28.7 Å². The molecule has 2 rings (SSSR count). The van der Waals surface area contributed by atoms with E-state index in [-0.39, 0.29) is 0 Å². The maximum atomic E-state index is 6.02.